The number of phenols is 1. The van der Waals surface area contributed by atoms with Gasteiger partial charge >= 0.3 is 5.97 Å². The molecule has 6 rings (SSSR count). The van der Waals surface area contributed by atoms with Gasteiger partial charge < -0.3 is 50.0 Å². The van der Waals surface area contributed by atoms with Crippen LogP contribution in [0.15, 0.2) is 66.7 Å². The maximum atomic E-state index is 14.7. The number of benzene rings is 3. The molecule has 6 amide bonds. The first-order valence-corrected chi connectivity index (χ1v) is 19.5. The van der Waals surface area contributed by atoms with Crippen molar-refractivity contribution in [2.75, 3.05) is 35.4 Å². The van der Waals surface area contributed by atoms with Gasteiger partial charge in [-0.25, -0.2) is 0 Å². The van der Waals surface area contributed by atoms with Gasteiger partial charge in [0.05, 0.1) is 14.2 Å². The lowest BCUT2D eigenvalue weighted by atomic mass is 9.98. The first kappa shape index (κ1) is 44.5. The second-order valence-electron chi connectivity index (χ2n) is 15.0. The molecule has 0 spiro atoms. The zero-order chi connectivity index (χ0) is 43.8. The molecule has 3 aromatic carbocycles. The van der Waals surface area contributed by atoms with Gasteiger partial charge in [-0.3, -0.25) is 33.6 Å². The van der Waals surface area contributed by atoms with Gasteiger partial charge in [-0.2, -0.15) is 0 Å². The zero-order valence-corrected chi connectivity index (χ0v) is 34.7. The van der Waals surface area contributed by atoms with Crippen molar-refractivity contribution in [3.8, 4) is 23.0 Å². The number of amides is 6. The number of fused-ring (bicyclic) bond motifs is 2. The molecular formula is C43H52N6O11. The number of ether oxygens (including phenoxy) is 3. The van der Waals surface area contributed by atoms with Gasteiger partial charge in [0.1, 0.15) is 47.8 Å². The molecule has 0 aliphatic carbocycles. The fourth-order valence-electron chi connectivity index (χ4n) is 7.13. The standard InChI is InChI=1S/C43H52N6O11/c1-24-38(52)46-31(17-19-37(51)59-7)42(56)47(3)32(20-26-8-13-29(58-6)14-9-26)40(54)45-25(2)41(55)49(5)34-21-27-10-15-30(16-11-27)60-36-23-28(12-18-35(36)50)22-33(39(53)44-24)48(4)43(34)57/h8-16,18,23-25,31-34,50H,17,19-22H2,1-7H3,(H,44,53)(H,45,54)(H,46,52). The molecule has 3 heterocycles. The van der Waals surface area contributed by atoms with Crippen LogP contribution in [0.2, 0.25) is 0 Å². The van der Waals surface area contributed by atoms with E-state index in [1.807, 2.05) is 0 Å². The van der Waals surface area contributed by atoms with Crippen LogP contribution < -0.4 is 25.4 Å². The minimum Gasteiger partial charge on any atom is -0.504 e. The largest absolute Gasteiger partial charge is 0.504 e. The molecule has 3 aliphatic rings. The Hall–Kier alpha value is -6.65. The van der Waals surface area contributed by atoms with E-state index in [4.69, 9.17) is 14.2 Å². The number of rotatable bonds is 6. The summed E-state index contributed by atoms with van der Waals surface area (Å²) in [6.45, 7) is 2.86. The van der Waals surface area contributed by atoms with E-state index in [2.05, 4.69) is 16.0 Å². The van der Waals surface area contributed by atoms with E-state index < -0.39 is 77.7 Å². The quantitative estimate of drug-likeness (QED) is 0.261. The number of hydrogen-bond acceptors (Lipinski definition) is 11. The minimum absolute atomic E-state index is 0.000347. The van der Waals surface area contributed by atoms with Crippen molar-refractivity contribution in [3.05, 3.63) is 83.4 Å². The van der Waals surface area contributed by atoms with E-state index in [1.165, 1.54) is 71.1 Å². The molecule has 0 saturated carbocycles. The molecule has 1 fully saturated rings. The summed E-state index contributed by atoms with van der Waals surface area (Å²) < 4.78 is 16.0. The Bertz CT molecular complexity index is 2090. The number of hydrogen-bond donors (Lipinski definition) is 4. The third-order valence-electron chi connectivity index (χ3n) is 10.9. The van der Waals surface area contributed by atoms with Crippen molar-refractivity contribution in [3.63, 3.8) is 0 Å². The van der Waals surface area contributed by atoms with Gasteiger partial charge in [0.2, 0.25) is 35.4 Å². The van der Waals surface area contributed by atoms with Crippen molar-refractivity contribution >= 4 is 41.4 Å². The van der Waals surface area contributed by atoms with Gasteiger partial charge in [-0.1, -0.05) is 30.3 Å². The smallest absolute Gasteiger partial charge is 0.305 e. The van der Waals surface area contributed by atoms with Crippen molar-refractivity contribution in [1.82, 2.24) is 30.7 Å². The van der Waals surface area contributed by atoms with Crippen LogP contribution in [0.25, 0.3) is 0 Å². The number of esters is 1. The number of carbonyl (C=O) groups is 7. The molecule has 0 radical (unpaired) electrons. The zero-order valence-electron chi connectivity index (χ0n) is 34.7. The molecule has 17 heteroatoms. The highest BCUT2D eigenvalue weighted by molar-refractivity contribution is 5.98. The SMILES string of the molecule is COC(=O)CCC1NC(=O)C(C)NC(=O)C2Cc3ccc(O)c(c3)Oc3ccc(cc3)CC(C(=O)N2C)N(C)C(=O)C(C)NC(=O)C(Cc2ccc(OC)cc2)N(C)C1=O. The molecule has 320 valence electrons. The molecule has 6 atom stereocenters. The summed E-state index contributed by atoms with van der Waals surface area (Å²) in [7, 11) is 6.92. The Morgan fingerprint density at radius 2 is 1.33 bits per heavy atom. The van der Waals surface area contributed by atoms with Gasteiger partial charge in [0, 0.05) is 46.8 Å². The third-order valence-corrected chi connectivity index (χ3v) is 10.9. The number of likely N-dealkylation sites (N-methyl/N-ethyl adjacent to an activating group) is 3. The number of aromatic hydroxyl groups is 1. The van der Waals surface area contributed by atoms with Crippen LogP contribution in [0.1, 0.15) is 43.4 Å². The molecule has 4 N–H and O–H groups in total. The lowest BCUT2D eigenvalue weighted by molar-refractivity contribution is -0.149. The number of carbonyl (C=O) groups excluding carboxylic acids is 7. The van der Waals surface area contributed by atoms with Crippen LogP contribution in [0.5, 0.6) is 23.0 Å². The molecule has 17 nitrogen and oxygen atoms in total. The van der Waals surface area contributed by atoms with E-state index in [9.17, 15) is 38.7 Å². The summed E-state index contributed by atoms with van der Waals surface area (Å²) >= 11 is 0. The Kier molecular flexibility index (Phi) is 14.4. The van der Waals surface area contributed by atoms with Crippen LogP contribution in [0.4, 0.5) is 0 Å². The van der Waals surface area contributed by atoms with Crippen LogP contribution in [0, 0.1) is 0 Å². The fourth-order valence-corrected chi connectivity index (χ4v) is 7.13. The third kappa shape index (κ3) is 10.5. The van der Waals surface area contributed by atoms with Crippen molar-refractivity contribution in [2.45, 2.75) is 82.2 Å². The summed E-state index contributed by atoms with van der Waals surface area (Å²) in [5.74, 6) is -3.93. The fraction of sp³-hybridized carbons (Fsp3) is 0.419. The second-order valence-corrected chi connectivity index (χ2v) is 15.0. The topological polar surface area (TPSA) is 213 Å². The Morgan fingerprint density at radius 1 is 0.717 bits per heavy atom. The van der Waals surface area contributed by atoms with Gasteiger partial charge in [0.15, 0.2) is 11.5 Å². The number of nitrogens with zero attached hydrogens (tertiary/aromatic N) is 3. The summed E-state index contributed by atoms with van der Waals surface area (Å²) in [5.41, 5.74) is 1.77. The van der Waals surface area contributed by atoms with Gasteiger partial charge in [-0.15, -0.1) is 0 Å². The Labute approximate surface area is 348 Å². The molecule has 0 aromatic heterocycles. The van der Waals surface area contributed by atoms with E-state index in [-0.39, 0.29) is 43.6 Å². The summed E-state index contributed by atoms with van der Waals surface area (Å²) in [6, 6.07) is 10.6. The van der Waals surface area contributed by atoms with E-state index >= 15 is 0 Å². The monoisotopic (exact) mass is 828 g/mol. The van der Waals surface area contributed by atoms with Gasteiger partial charge in [0.25, 0.3) is 0 Å². The predicted octanol–water partition coefficient (Wildman–Crippen LogP) is 1.48. The summed E-state index contributed by atoms with van der Waals surface area (Å²) in [4.78, 5) is 102. The molecule has 6 unspecified atom stereocenters. The first-order chi connectivity index (χ1) is 28.5. The highest BCUT2D eigenvalue weighted by Crippen LogP contribution is 2.33. The average Bonchev–Trinajstić information content (AvgIpc) is 3.24. The van der Waals surface area contributed by atoms with E-state index in [0.717, 1.165) is 4.90 Å². The minimum atomic E-state index is -1.36. The Balaban J connectivity index is 1.60. The number of methoxy groups -OCH3 is 2. The molecule has 6 bridgehead atoms. The molecule has 1 saturated heterocycles. The van der Waals surface area contributed by atoms with Crippen molar-refractivity contribution < 1.29 is 52.9 Å². The maximum absolute atomic E-state index is 14.7. The van der Waals surface area contributed by atoms with E-state index in [0.29, 0.717) is 28.2 Å². The highest BCUT2D eigenvalue weighted by atomic mass is 16.5. The second kappa shape index (κ2) is 19.4. The number of nitrogens with one attached hydrogen (secondary N) is 3. The highest BCUT2D eigenvalue weighted by Gasteiger charge is 2.40. The first-order valence-electron chi connectivity index (χ1n) is 19.5. The molecular weight excluding hydrogens is 777 g/mol. The Morgan fingerprint density at radius 3 is 1.98 bits per heavy atom. The molecule has 60 heavy (non-hydrogen) atoms. The maximum Gasteiger partial charge on any atom is 0.305 e. The molecule has 3 aromatic rings. The average molecular weight is 829 g/mol. The van der Waals surface area contributed by atoms with Crippen molar-refractivity contribution in [1.29, 1.82) is 0 Å². The van der Waals surface area contributed by atoms with Crippen molar-refractivity contribution in [2.24, 2.45) is 0 Å². The van der Waals surface area contributed by atoms with Crippen LogP contribution in [0.3, 0.4) is 0 Å². The van der Waals surface area contributed by atoms with E-state index in [1.54, 1.807) is 54.6 Å². The predicted molar refractivity (Wildman–Crippen MR) is 217 cm³/mol. The summed E-state index contributed by atoms with van der Waals surface area (Å²) in [5, 5.41) is 18.7. The summed E-state index contributed by atoms with van der Waals surface area (Å²) in [6.07, 6.45) is -0.607. The van der Waals surface area contributed by atoms with Gasteiger partial charge in [-0.05, 0) is 73.4 Å². The molecule has 3 aliphatic heterocycles. The normalized spacial score (nSPS) is 23.4. The number of phenolic OH excluding ortho intramolecular Hbond substituents is 1. The lowest BCUT2D eigenvalue weighted by Crippen LogP contribution is -2.62. The van der Waals surface area contributed by atoms with Crippen LogP contribution >= 0.6 is 0 Å². The van der Waals surface area contributed by atoms with Crippen LogP contribution in [-0.2, 0) is 57.6 Å². The van der Waals surface area contributed by atoms with Crippen LogP contribution in [-0.4, -0.2) is 133 Å². The lowest BCUT2D eigenvalue weighted by Gasteiger charge is -2.37.